The molecule has 0 saturated heterocycles. The van der Waals surface area contributed by atoms with Gasteiger partial charge in [-0.2, -0.15) is 0 Å². The SMILES string of the molecule is COC(=O)Oc1ccccc1-c1ccc(-c2ccccc2OC(=O)OC)c(C)c1C. The van der Waals surface area contributed by atoms with Crippen LogP contribution in [0.1, 0.15) is 11.1 Å². The summed E-state index contributed by atoms with van der Waals surface area (Å²) in [6.07, 6.45) is -1.55. The van der Waals surface area contributed by atoms with Crippen molar-refractivity contribution in [1.82, 2.24) is 0 Å². The third-order valence-electron chi connectivity index (χ3n) is 4.86. The standard InChI is InChI=1S/C24H22O6/c1-15-16(2)18(20-10-6-8-12-22(20)30-24(26)28-4)14-13-17(15)19-9-5-7-11-21(19)29-23(25)27-3/h5-14H,1-4H3. The van der Waals surface area contributed by atoms with E-state index in [2.05, 4.69) is 9.47 Å². The fourth-order valence-electron chi connectivity index (χ4n) is 3.22. The number of ether oxygens (including phenoxy) is 4. The molecule has 0 fully saturated rings. The molecule has 6 nitrogen and oxygen atoms in total. The summed E-state index contributed by atoms with van der Waals surface area (Å²) in [4.78, 5) is 23.2. The number of carbonyl (C=O) groups is 2. The molecule has 0 unspecified atom stereocenters. The van der Waals surface area contributed by atoms with Crippen LogP contribution in [0, 0.1) is 13.8 Å². The van der Waals surface area contributed by atoms with E-state index in [1.54, 1.807) is 24.3 Å². The molecule has 0 amide bonds. The van der Waals surface area contributed by atoms with Crippen LogP contribution in [-0.2, 0) is 9.47 Å². The van der Waals surface area contributed by atoms with Gasteiger partial charge in [0.1, 0.15) is 11.5 Å². The second-order valence-electron chi connectivity index (χ2n) is 6.52. The molecule has 3 rings (SSSR count). The van der Waals surface area contributed by atoms with E-state index < -0.39 is 12.3 Å². The van der Waals surface area contributed by atoms with Gasteiger partial charge in [-0.3, -0.25) is 0 Å². The van der Waals surface area contributed by atoms with Crippen LogP contribution in [0.25, 0.3) is 22.3 Å². The monoisotopic (exact) mass is 406 g/mol. The Morgan fingerprint density at radius 3 is 1.30 bits per heavy atom. The summed E-state index contributed by atoms with van der Waals surface area (Å²) in [6.45, 7) is 3.99. The number of para-hydroxylation sites is 2. The molecule has 0 radical (unpaired) electrons. The van der Waals surface area contributed by atoms with Gasteiger partial charge in [-0.05, 0) is 48.2 Å². The van der Waals surface area contributed by atoms with E-state index in [-0.39, 0.29) is 0 Å². The molecule has 0 atom stereocenters. The van der Waals surface area contributed by atoms with Gasteiger partial charge in [0.15, 0.2) is 0 Å². The molecule has 3 aromatic rings. The zero-order valence-electron chi connectivity index (χ0n) is 17.2. The van der Waals surface area contributed by atoms with Crippen LogP contribution in [0.3, 0.4) is 0 Å². The van der Waals surface area contributed by atoms with Crippen molar-refractivity contribution in [2.45, 2.75) is 13.8 Å². The van der Waals surface area contributed by atoms with Gasteiger partial charge in [-0.15, -0.1) is 0 Å². The van der Waals surface area contributed by atoms with E-state index in [0.29, 0.717) is 11.5 Å². The summed E-state index contributed by atoms with van der Waals surface area (Å²) < 4.78 is 19.8. The molecule has 30 heavy (non-hydrogen) atoms. The minimum Gasteiger partial charge on any atom is -0.437 e. The first kappa shape index (κ1) is 20.9. The fraction of sp³-hybridized carbons (Fsp3) is 0.167. The maximum absolute atomic E-state index is 11.6. The van der Waals surface area contributed by atoms with Crippen LogP contribution in [0.4, 0.5) is 9.59 Å². The largest absolute Gasteiger partial charge is 0.513 e. The fourth-order valence-corrected chi connectivity index (χ4v) is 3.22. The van der Waals surface area contributed by atoms with Gasteiger partial charge < -0.3 is 18.9 Å². The molecule has 0 heterocycles. The molecule has 3 aromatic carbocycles. The Bertz CT molecular complexity index is 1000. The lowest BCUT2D eigenvalue weighted by Crippen LogP contribution is -2.08. The highest BCUT2D eigenvalue weighted by Crippen LogP contribution is 2.39. The lowest BCUT2D eigenvalue weighted by Gasteiger charge is -2.17. The Balaban J connectivity index is 2.08. The van der Waals surface area contributed by atoms with E-state index in [0.717, 1.165) is 33.4 Å². The molecule has 0 aliphatic rings. The highest BCUT2D eigenvalue weighted by atomic mass is 16.7. The molecular weight excluding hydrogens is 384 g/mol. The van der Waals surface area contributed by atoms with Crippen LogP contribution in [0.15, 0.2) is 60.7 Å². The van der Waals surface area contributed by atoms with Gasteiger partial charge in [0, 0.05) is 11.1 Å². The Labute approximate surface area is 175 Å². The molecule has 0 bridgehead atoms. The number of benzene rings is 3. The van der Waals surface area contributed by atoms with Gasteiger partial charge >= 0.3 is 12.3 Å². The minimum absolute atomic E-state index is 0.411. The predicted molar refractivity (Wildman–Crippen MR) is 113 cm³/mol. The summed E-state index contributed by atoms with van der Waals surface area (Å²) in [5.41, 5.74) is 5.38. The lowest BCUT2D eigenvalue weighted by atomic mass is 9.90. The second kappa shape index (κ2) is 9.13. The van der Waals surface area contributed by atoms with E-state index >= 15 is 0 Å². The Morgan fingerprint density at radius 2 is 0.933 bits per heavy atom. The summed E-state index contributed by atoms with van der Waals surface area (Å²) in [7, 11) is 2.53. The molecule has 0 aromatic heterocycles. The van der Waals surface area contributed by atoms with E-state index in [1.807, 2.05) is 50.2 Å². The number of hydrogen-bond donors (Lipinski definition) is 0. The molecule has 154 valence electrons. The Hall–Kier alpha value is -3.80. The maximum Gasteiger partial charge on any atom is 0.513 e. The third-order valence-corrected chi connectivity index (χ3v) is 4.86. The van der Waals surface area contributed by atoms with Gasteiger partial charge in [0.05, 0.1) is 14.2 Å². The first-order valence-corrected chi connectivity index (χ1v) is 9.26. The molecule has 0 N–H and O–H groups in total. The van der Waals surface area contributed by atoms with Crippen molar-refractivity contribution in [3.63, 3.8) is 0 Å². The molecule has 0 aliphatic carbocycles. The molecule has 0 aliphatic heterocycles. The topological polar surface area (TPSA) is 71.1 Å². The predicted octanol–water partition coefficient (Wildman–Crippen LogP) is 5.93. The van der Waals surface area contributed by atoms with Crippen molar-refractivity contribution < 1.29 is 28.5 Å². The van der Waals surface area contributed by atoms with Crippen LogP contribution < -0.4 is 9.47 Å². The zero-order chi connectivity index (χ0) is 21.7. The van der Waals surface area contributed by atoms with Gasteiger partial charge in [0.25, 0.3) is 0 Å². The average Bonchev–Trinajstić information content (AvgIpc) is 2.76. The van der Waals surface area contributed by atoms with Crippen LogP contribution in [0.2, 0.25) is 0 Å². The third kappa shape index (κ3) is 4.27. The van der Waals surface area contributed by atoms with Crippen LogP contribution in [0.5, 0.6) is 11.5 Å². The molecule has 0 saturated carbocycles. The average molecular weight is 406 g/mol. The second-order valence-corrected chi connectivity index (χ2v) is 6.52. The Kier molecular flexibility index (Phi) is 6.37. The van der Waals surface area contributed by atoms with Gasteiger partial charge in [-0.25, -0.2) is 9.59 Å². The quantitative estimate of drug-likeness (QED) is 0.395. The smallest absolute Gasteiger partial charge is 0.437 e. The number of carbonyl (C=O) groups excluding carboxylic acids is 2. The van der Waals surface area contributed by atoms with Crippen molar-refractivity contribution in [1.29, 1.82) is 0 Å². The van der Waals surface area contributed by atoms with Crippen molar-refractivity contribution >= 4 is 12.3 Å². The first-order chi connectivity index (χ1) is 14.5. The summed E-state index contributed by atoms with van der Waals surface area (Å²) in [5, 5.41) is 0. The number of methoxy groups -OCH3 is 2. The summed E-state index contributed by atoms with van der Waals surface area (Å²) in [6, 6.07) is 18.4. The lowest BCUT2D eigenvalue weighted by molar-refractivity contribution is 0.120. The van der Waals surface area contributed by atoms with Crippen LogP contribution in [-0.4, -0.2) is 26.5 Å². The van der Waals surface area contributed by atoms with Crippen molar-refractivity contribution in [3.8, 4) is 33.8 Å². The number of rotatable bonds is 4. The van der Waals surface area contributed by atoms with E-state index in [9.17, 15) is 9.59 Å². The highest BCUT2D eigenvalue weighted by Gasteiger charge is 2.17. The molecular formula is C24H22O6. The highest BCUT2D eigenvalue weighted by molar-refractivity contribution is 5.83. The Morgan fingerprint density at radius 1 is 0.567 bits per heavy atom. The first-order valence-electron chi connectivity index (χ1n) is 9.26. The molecule has 0 spiro atoms. The summed E-state index contributed by atoms with van der Waals surface area (Å²) in [5.74, 6) is 0.822. The normalized spacial score (nSPS) is 10.3. The summed E-state index contributed by atoms with van der Waals surface area (Å²) >= 11 is 0. The van der Waals surface area contributed by atoms with Gasteiger partial charge in [-0.1, -0.05) is 48.5 Å². The number of hydrogen-bond acceptors (Lipinski definition) is 6. The van der Waals surface area contributed by atoms with E-state index in [1.165, 1.54) is 14.2 Å². The molecule has 6 heteroatoms. The maximum atomic E-state index is 11.6. The zero-order valence-corrected chi connectivity index (χ0v) is 17.2. The van der Waals surface area contributed by atoms with E-state index in [4.69, 9.17) is 9.47 Å². The van der Waals surface area contributed by atoms with Crippen LogP contribution >= 0.6 is 0 Å². The van der Waals surface area contributed by atoms with Crippen molar-refractivity contribution in [3.05, 3.63) is 71.8 Å². The van der Waals surface area contributed by atoms with Crippen molar-refractivity contribution in [2.24, 2.45) is 0 Å². The van der Waals surface area contributed by atoms with Crippen molar-refractivity contribution in [2.75, 3.05) is 14.2 Å². The minimum atomic E-state index is -0.776. The van der Waals surface area contributed by atoms with Gasteiger partial charge in [0.2, 0.25) is 0 Å².